The number of halogens is 1. The molecule has 0 spiro atoms. The average Bonchev–Trinajstić information content (AvgIpc) is 3.04. The highest BCUT2D eigenvalue weighted by molar-refractivity contribution is 6.30. The fourth-order valence-electron chi connectivity index (χ4n) is 3.35. The first-order valence-corrected chi connectivity index (χ1v) is 10.9. The number of rotatable bonds is 6. The van der Waals surface area contributed by atoms with Gasteiger partial charge in [-0.1, -0.05) is 23.7 Å². The summed E-state index contributed by atoms with van der Waals surface area (Å²) in [6.45, 7) is 7.83. The van der Waals surface area contributed by atoms with Crippen LogP contribution in [0.3, 0.4) is 0 Å². The predicted molar refractivity (Wildman–Crippen MR) is 128 cm³/mol. The number of nitrogens with one attached hydrogen (secondary N) is 1. The topological polar surface area (TPSA) is 81.9 Å². The molecule has 0 aliphatic heterocycles. The largest absolute Gasteiger partial charge is 0.439 e. The van der Waals surface area contributed by atoms with Gasteiger partial charge in [-0.15, -0.1) is 0 Å². The number of nitrogens with zero attached hydrogens (tertiary/aromatic N) is 4. The highest BCUT2D eigenvalue weighted by Gasteiger charge is 2.13. The number of carbonyl (C=O) groups is 1. The zero-order valence-electron chi connectivity index (χ0n) is 18.9. The van der Waals surface area contributed by atoms with Crippen LogP contribution in [0, 0.1) is 27.7 Å². The second-order valence-corrected chi connectivity index (χ2v) is 8.23. The van der Waals surface area contributed by atoms with Crippen LogP contribution in [0.2, 0.25) is 5.02 Å². The van der Waals surface area contributed by atoms with Crippen molar-refractivity contribution in [2.45, 2.75) is 34.1 Å². The van der Waals surface area contributed by atoms with Gasteiger partial charge in [0.1, 0.15) is 11.6 Å². The van der Waals surface area contributed by atoms with E-state index in [1.165, 1.54) is 0 Å². The lowest BCUT2D eigenvalue weighted by atomic mass is 10.1. The van der Waals surface area contributed by atoms with E-state index in [1.54, 1.807) is 47.1 Å². The van der Waals surface area contributed by atoms with Gasteiger partial charge in [0, 0.05) is 22.5 Å². The third-order valence-electron chi connectivity index (χ3n) is 5.31. The van der Waals surface area contributed by atoms with E-state index in [0.717, 1.165) is 22.5 Å². The van der Waals surface area contributed by atoms with E-state index < -0.39 is 0 Å². The minimum atomic E-state index is -0.109. The van der Waals surface area contributed by atoms with E-state index in [1.807, 2.05) is 39.8 Å². The lowest BCUT2D eigenvalue weighted by Crippen LogP contribution is -2.14. The van der Waals surface area contributed by atoms with E-state index in [9.17, 15) is 4.79 Å². The molecule has 1 N–H and O–H groups in total. The molecular formula is C25H24ClN5O2. The van der Waals surface area contributed by atoms with Crippen molar-refractivity contribution in [2.24, 2.45) is 0 Å². The van der Waals surface area contributed by atoms with Crippen molar-refractivity contribution < 1.29 is 9.53 Å². The molecule has 2 heterocycles. The zero-order valence-corrected chi connectivity index (χ0v) is 19.6. The van der Waals surface area contributed by atoms with Crippen molar-refractivity contribution in [3.63, 3.8) is 0 Å². The molecule has 0 atom stereocenters. The van der Waals surface area contributed by atoms with Gasteiger partial charge >= 0.3 is 0 Å². The van der Waals surface area contributed by atoms with Crippen LogP contribution in [0.1, 0.15) is 28.3 Å². The molecule has 0 saturated heterocycles. The lowest BCUT2D eigenvalue weighted by molar-refractivity contribution is -0.115. The van der Waals surface area contributed by atoms with Gasteiger partial charge in [-0.3, -0.25) is 4.79 Å². The number of anilines is 1. The molecule has 8 heteroatoms. The Morgan fingerprint density at radius 1 is 1.00 bits per heavy atom. The summed E-state index contributed by atoms with van der Waals surface area (Å²) in [5.74, 6) is 2.14. The highest BCUT2D eigenvalue weighted by atomic mass is 35.5. The quantitative estimate of drug-likeness (QED) is 0.408. The van der Waals surface area contributed by atoms with Gasteiger partial charge in [0.15, 0.2) is 5.82 Å². The summed E-state index contributed by atoms with van der Waals surface area (Å²) in [6, 6.07) is 16.1. The summed E-state index contributed by atoms with van der Waals surface area (Å²) in [7, 11) is 0. The van der Waals surface area contributed by atoms with Crippen molar-refractivity contribution in [1.82, 2.24) is 19.7 Å². The molecule has 7 nitrogen and oxygen atoms in total. The summed E-state index contributed by atoms with van der Waals surface area (Å²) in [6.07, 6.45) is 0.268. The molecule has 0 aliphatic rings. The van der Waals surface area contributed by atoms with Gasteiger partial charge in [0.05, 0.1) is 12.1 Å². The van der Waals surface area contributed by atoms with Gasteiger partial charge in [0.25, 0.3) is 0 Å². The van der Waals surface area contributed by atoms with Crippen molar-refractivity contribution in [3.05, 3.63) is 88.0 Å². The summed E-state index contributed by atoms with van der Waals surface area (Å²) in [4.78, 5) is 21.2. The Morgan fingerprint density at radius 3 is 2.33 bits per heavy atom. The van der Waals surface area contributed by atoms with Gasteiger partial charge < -0.3 is 10.1 Å². The second-order valence-electron chi connectivity index (χ2n) is 7.80. The second kappa shape index (κ2) is 9.42. The van der Waals surface area contributed by atoms with E-state index in [-0.39, 0.29) is 12.3 Å². The Labute approximate surface area is 197 Å². The molecule has 33 heavy (non-hydrogen) atoms. The van der Waals surface area contributed by atoms with Crippen molar-refractivity contribution in [1.29, 1.82) is 0 Å². The number of aromatic nitrogens is 4. The Kier molecular flexibility index (Phi) is 6.42. The van der Waals surface area contributed by atoms with Gasteiger partial charge in [-0.05, 0) is 75.2 Å². The summed E-state index contributed by atoms with van der Waals surface area (Å²) in [5.41, 5.74) is 4.68. The standard InChI is InChI=1S/C25H24ClN5O2/c1-15-16(2)30-31(17(15)3)23-14-25(28-18(4)27-23)33-22-11-9-21(10-12-22)29-24(32)13-19-5-7-20(26)8-6-19/h5-12,14H,13H2,1-4H3,(H,29,32). The van der Waals surface area contributed by atoms with Crippen LogP contribution in [0.25, 0.3) is 5.82 Å². The van der Waals surface area contributed by atoms with Crippen molar-refractivity contribution >= 4 is 23.2 Å². The monoisotopic (exact) mass is 461 g/mol. The van der Waals surface area contributed by atoms with Crippen molar-refractivity contribution in [3.8, 4) is 17.4 Å². The number of carbonyl (C=O) groups excluding carboxylic acids is 1. The first kappa shape index (κ1) is 22.5. The van der Waals surface area contributed by atoms with Gasteiger partial charge in [0.2, 0.25) is 11.8 Å². The maximum atomic E-state index is 12.3. The van der Waals surface area contributed by atoms with Crippen LogP contribution in [0.15, 0.2) is 54.6 Å². The maximum Gasteiger partial charge on any atom is 0.228 e. The van der Waals surface area contributed by atoms with Crippen LogP contribution < -0.4 is 10.1 Å². The molecule has 0 fully saturated rings. The lowest BCUT2D eigenvalue weighted by Gasteiger charge is -2.10. The third kappa shape index (κ3) is 5.38. The first-order chi connectivity index (χ1) is 15.8. The number of benzene rings is 2. The Morgan fingerprint density at radius 2 is 1.70 bits per heavy atom. The van der Waals surface area contributed by atoms with Crippen LogP contribution in [0.4, 0.5) is 5.69 Å². The van der Waals surface area contributed by atoms with Crippen molar-refractivity contribution in [2.75, 3.05) is 5.32 Å². The normalized spacial score (nSPS) is 10.8. The smallest absolute Gasteiger partial charge is 0.228 e. The third-order valence-corrected chi connectivity index (χ3v) is 5.56. The molecule has 168 valence electrons. The van der Waals surface area contributed by atoms with Crippen LogP contribution in [-0.4, -0.2) is 25.7 Å². The van der Waals surface area contributed by atoms with E-state index in [0.29, 0.717) is 34.0 Å². The average molecular weight is 462 g/mol. The molecule has 2 aromatic heterocycles. The molecule has 0 bridgehead atoms. The van der Waals surface area contributed by atoms with E-state index in [2.05, 4.69) is 20.4 Å². The Hall–Kier alpha value is -3.71. The fraction of sp³-hybridized carbons (Fsp3) is 0.200. The number of hydrogen-bond donors (Lipinski definition) is 1. The highest BCUT2D eigenvalue weighted by Crippen LogP contribution is 2.24. The number of amides is 1. The molecule has 4 aromatic rings. The summed E-state index contributed by atoms with van der Waals surface area (Å²) in [5, 5.41) is 8.10. The Balaban J connectivity index is 1.44. The first-order valence-electron chi connectivity index (χ1n) is 10.5. The minimum absolute atomic E-state index is 0.109. The van der Waals surface area contributed by atoms with Gasteiger partial charge in [-0.25, -0.2) is 9.67 Å². The van der Waals surface area contributed by atoms with Crippen LogP contribution in [-0.2, 0) is 11.2 Å². The number of aryl methyl sites for hydroxylation is 2. The summed E-state index contributed by atoms with van der Waals surface area (Å²) >= 11 is 5.89. The Bertz CT molecular complexity index is 1300. The van der Waals surface area contributed by atoms with E-state index >= 15 is 0 Å². The maximum absolute atomic E-state index is 12.3. The van der Waals surface area contributed by atoms with Crippen LogP contribution >= 0.6 is 11.6 Å². The molecule has 0 unspecified atom stereocenters. The molecule has 2 aromatic carbocycles. The molecule has 0 aliphatic carbocycles. The fourth-order valence-corrected chi connectivity index (χ4v) is 3.48. The molecule has 1 amide bonds. The SMILES string of the molecule is Cc1nc(Oc2ccc(NC(=O)Cc3ccc(Cl)cc3)cc2)cc(-n2nc(C)c(C)c2C)n1. The molecule has 0 radical (unpaired) electrons. The predicted octanol–water partition coefficient (Wildman–Crippen LogP) is 5.52. The van der Waals surface area contributed by atoms with Gasteiger partial charge in [-0.2, -0.15) is 10.1 Å². The number of ether oxygens (including phenoxy) is 1. The van der Waals surface area contributed by atoms with Crippen LogP contribution in [0.5, 0.6) is 11.6 Å². The number of hydrogen-bond acceptors (Lipinski definition) is 5. The minimum Gasteiger partial charge on any atom is -0.439 e. The zero-order chi connectivity index (χ0) is 23.5. The molecule has 0 saturated carbocycles. The van der Waals surface area contributed by atoms with E-state index in [4.69, 9.17) is 16.3 Å². The molecular weight excluding hydrogens is 438 g/mol. The summed E-state index contributed by atoms with van der Waals surface area (Å²) < 4.78 is 7.74. The molecule has 4 rings (SSSR count).